The minimum atomic E-state index is -0.772. The van der Waals surface area contributed by atoms with Crippen molar-refractivity contribution in [2.45, 2.75) is 26.3 Å². The van der Waals surface area contributed by atoms with Gasteiger partial charge in [-0.15, -0.1) is 10.2 Å². The van der Waals surface area contributed by atoms with Crippen LogP contribution in [-0.4, -0.2) is 16.1 Å². The molecule has 0 fully saturated rings. The summed E-state index contributed by atoms with van der Waals surface area (Å²) in [5.74, 6) is -0.882. The Morgan fingerprint density at radius 1 is 1.13 bits per heavy atom. The highest BCUT2D eigenvalue weighted by atomic mass is 32.1. The molecule has 0 radical (unpaired) electrons. The van der Waals surface area contributed by atoms with Gasteiger partial charge in [-0.1, -0.05) is 36.5 Å². The summed E-state index contributed by atoms with van der Waals surface area (Å²) < 4.78 is 19.5. The topological polar surface area (TPSA) is 76.3 Å². The number of benzene rings is 2. The van der Waals surface area contributed by atoms with Gasteiger partial charge in [0.1, 0.15) is 16.4 Å². The molecule has 6 nitrogen and oxygen atoms in total. The Hall–Kier alpha value is -3.39. The van der Waals surface area contributed by atoms with Crippen LogP contribution in [0.15, 0.2) is 51.7 Å². The minimum Gasteiger partial charge on any atom is -0.450 e. The number of hydrogen-bond acceptors (Lipinski definition) is 6. The van der Waals surface area contributed by atoms with Gasteiger partial charge in [-0.3, -0.25) is 14.5 Å². The van der Waals surface area contributed by atoms with Crippen LogP contribution in [0.25, 0.3) is 11.0 Å². The normalized spacial score (nSPS) is 15.8. The molecule has 0 N–H and O–H groups in total. The summed E-state index contributed by atoms with van der Waals surface area (Å²) in [5, 5.41) is 9.57. The highest BCUT2D eigenvalue weighted by molar-refractivity contribution is 7.15. The number of hydrogen-bond donors (Lipinski definition) is 0. The van der Waals surface area contributed by atoms with Gasteiger partial charge >= 0.3 is 0 Å². The zero-order valence-electron chi connectivity index (χ0n) is 16.2. The van der Waals surface area contributed by atoms with Crippen LogP contribution in [0.2, 0.25) is 0 Å². The van der Waals surface area contributed by atoms with E-state index in [-0.39, 0.29) is 16.8 Å². The Balaban J connectivity index is 1.81. The summed E-state index contributed by atoms with van der Waals surface area (Å²) in [6, 6.07) is 10.4. The average molecular weight is 421 g/mol. The van der Waals surface area contributed by atoms with Crippen molar-refractivity contribution < 1.29 is 13.6 Å². The number of amides is 1. The maximum Gasteiger partial charge on any atom is 0.297 e. The van der Waals surface area contributed by atoms with Crippen molar-refractivity contribution in [3.8, 4) is 0 Å². The fourth-order valence-corrected chi connectivity index (χ4v) is 4.50. The molecule has 5 rings (SSSR count). The Morgan fingerprint density at radius 2 is 1.90 bits per heavy atom. The monoisotopic (exact) mass is 421 g/mol. The van der Waals surface area contributed by atoms with Crippen LogP contribution in [0.5, 0.6) is 0 Å². The van der Waals surface area contributed by atoms with E-state index in [1.165, 1.54) is 28.4 Å². The Morgan fingerprint density at radius 3 is 2.57 bits per heavy atom. The second-order valence-electron chi connectivity index (χ2n) is 7.09. The highest BCUT2D eigenvalue weighted by Crippen LogP contribution is 2.42. The van der Waals surface area contributed by atoms with Crippen LogP contribution < -0.4 is 10.3 Å². The molecule has 1 unspecified atom stereocenters. The first-order chi connectivity index (χ1) is 14.5. The van der Waals surface area contributed by atoms with Gasteiger partial charge in [0.05, 0.1) is 17.0 Å². The van der Waals surface area contributed by atoms with Gasteiger partial charge in [0.25, 0.3) is 5.91 Å². The molecule has 4 aromatic rings. The van der Waals surface area contributed by atoms with Crippen molar-refractivity contribution in [3.05, 3.63) is 86.0 Å². The third-order valence-electron chi connectivity index (χ3n) is 5.25. The molecule has 0 aliphatic carbocycles. The summed E-state index contributed by atoms with van der Waals surface area (Å²) in [7, 11) is 0. The molecule has 0 saturated heterocycles. The molecule has 1 aliphatic heterocycles. The Labute approximate surface area is 174 Å². The second-order valence-corrected chi connectivity index (χ2v) is 8.25. The van der Waals surface area contributed by atoms with Crippen LogP contribution in [0.3, 0.4) is 0 Å². The SMILES string of the molecule is CCc1ccc2oc3c(c(=O)c2c1)C(c1ccc(F)cc1)N(c1nnc(C)s1)C3=O. The molecule has 1 aliphatic rings. The first kappa shape index (κ1) is 18.6. The lowest BCUT2D eigenvalue weighted by atomic mass is 9.98. The van der Waals surface area contributed by atoms with Crippen LogP contribution >= 0.6 is 11.3 Å². The quantitative estimate of drug-likeness (QED) is 0.490. The van der Waals surface area contributed by atoms with Crippen molar-refractivity contribution in [2.24, 2.45) is 0 Å². The average Bonchev–Trinajstić information content (AvgIpc) is 3.30. The van der Waals surface area contributed by atoms with E-state index in [1.807, 2.05) is 13.0 Å². The van der Waals surface area contributed by atoms with E-state index in [4.69, 9.17) is 4.42 Å². The predicted molar refractivity (Wildman–Crippen MR) is 112 cm³/mol. The van der Waals surface area contributed by atoms with Gasteiger partial charge in [-0.05, 0) is 48.7 Å². The van der Waals surface area contributed by atoms with Gasteiger partial charge in [0, 0.05) is 0 Å². The van der Waals surface area contributed by atoms with Gasteiger partial charge in [0.2, 0.25) is 10.9 Å². The number of anilines is 1. The first-order valence-corrected chi connectivity index (χ1v) is 10.3. The zero-order chi connectivity index (χ0) is 21.0. The van der Waals surface area contributed by atoms with E-state index >= 15 is 0 Å². The number of carbonyl (C=O) groups excluding carboxylic acids is 1. The van der Waals surface area contributed by atoms with E-state index in [2.05, 4.69) is 10.2 Å². The molecule has 150 valence electrons. The van der Waals surface area contributed by atoms with Gasteiger partial charge in [-0.2, -0.15) is 0 Å². The first-order valence-electron chi connectivity index (χ1n) is 9.46. The Kier molecular flexibility index (Phi) is 4.25. The highest BCUT2D eigenvalue weighted by Gasteiger charge is 2.45. The van der Waals surface area contributed by atoms with Crippen molar-refractivity contribution in [3.63, 3.8) is 0 Å². The zero-order valence-corrected chi connectivity index (χ0v) is 17.0. The number of aryl methyl sites for hydroxylation is 2. The number of carbonyl (C=O) groups is 1. The number of halogens is 1. The summed E-state index contributed by atoms with van der Waals surface area (Å²) in [6.45, 7) is 3.78. The van der Waals surface area contributed by atoms with E-state index in [9.17, 15) is 14.0 Å². The third kappa shape index (κ3) is 2.75. The molecule has 30 heavy (non-hydrogen) atoms. The number of aromatic nitrogens is 2. The maximum atomic E-state index is 13.6. The van der Waals surface area contributed by atoms with Gasteiger partial charge in [0.15, 0.2) is 5.43 Å². The van der Waals surface area contributed by atoms with E-state index < -0.39 is 17.8 Å². The molecular weight excluding hydrogens is 405 g/mol. The van der Waals surface area contributed by atoms with Crippen molar-refractivity contribution in [2.75, 3.05) is 4.90 Å². The molecule has 3 heterocycles. The fraction of sp³-hybridized carbons (Fsp3) is 0.182. The van der Waals surface area contributed by atoms with Gasteiger partial charge in [-0.25, -0.2) is 4.39 Å². The van der Waals surface area contributed by atoms with Crippen molar-refractivity contribution in [1.29, 1.82) is 0 Å². The molecular formula is C22H16FN3O3S. The van der Waals surface area contributed by atoms with Crippen LogP contribution in [0.4, 0.5) is 9.52 Å². The number of fused-ring (bicyclic) bond motifs is 2. The van der Waals surface area contributed by atoms with Crippen molar-refractivity contribution >= 4 is 33.3 Å². The predicted octanol–water partition coefficient (Wildman–Crippen LogP) is 4.40. The molecule has 0 saturated carbocycles. The summed E-state index contributed by atoms with van der Waals surface area (Å²) in [4.78, 5) is 28.3. The summed E-state index contributed by atoms with van der Waals surface area (Å²) >= 11 is 1.24. The minimum absolute atomic E-state index is 0.0149. The van der Waals surface area contributed by atoms with Crippen LogP contribution in [0.1, 0.15) is 45.2 Å². The van der Waals surface area contributed by atoms with E-state index in [0.29, 0.717) is 26.7 Å². The summed E-state index contributed by atoms with van der Waals surface area (Å²) in [6.07, 6.45) is 0.767. The molecule has 0 bridgehead atoms. The third-order valence-corrected chi connectivity index (χ3v) is 6.09. The molecule has 2 aromatic heterocycles. The molecule has 0 spiro atoms. The van der Waals surface area contributed by atoms with Crippen LogP contribution in [-0.2, 0) is 6.42 Å². The molecule has 2 aromatic carbocycles. The molecule has 1 amide bonds. The second kappa shape index (κ2) is 6.84. The standard InChI is InChI=1S/C22H16FN3O3S/c1-3-12-4-9-16-15(10-12)19(27)17-18(13-5-7-14(23)8-6-13)26(21(28)20(17)29-16)22-25-24-11(2)30-22/h4-10,18H,3H2,1-2H3. The van der Waals surface area contributed by atoms with Crippen LogP contribution in [0, 0.1) is 12.7 Å². The lowest BCUT2D eigenvalue weighted by Crippen LogP contribution is -2.29. The Bertz CT molecular complexity index is 1360. The van der Waals surface area contributed by atoms with E-state index in [0.717, 1.165) is 12.0 Å². The molecule has 8 heteroatoms. The maximum absolute atomic E-state index is 13.6. The number of rotatable bonds is 3. The van der Waals surface area contributed by atoms with E-state index in [1.54, 1.807) is 31.2 Å². The van der Waals surface area contributed by atoms with Crippen molar-refractivity contribution in [1.82, 2.24) is 10.2 Å². The van der Waals surface area contributed by atoms with Gasteiger partial charge < -0.3 is 4.42 Å². The largest absolute Gasteiger partial charge is 0.450 e. The lowest BCUT2D eigenvalue weighted by molar-refractivity contribution is 0.0970. The number of nitrogens with zero attached hydrogens (tertiary/aromatic N) is 3. The lowest BCUT2D eigenvalue weighted by Gasteiger charge is -2.22. The fourth-order valence-electron chi connectivity index (χ4n) is 3.78. The smallest absolute Gasteiger partial charge is 0.297 e. The molecule has 1 atom stereocenters. The summed E-state index contributed by atoms with van der Waals surface area (Å²) in [5.41, 5.74) is 1.91.